The van der Waals surface area contributed by atoms with Crippen LogP contribution in [-0.2, 0) is 17.6 Å². The normalized spacial score (nSPS) is 15.4. The summed E-state index contributed by atoms with van der Waals surface area (Å²) in [6.45, 7) is 5.96. The number of nitrogens with one attached hydrogen (secondary N) is 1. The van der Waals surface area contributed by atoms with Gasteiger partial charge in [-0.3, -0.25) is 4.79 Å². The first-order valence-corrected chi connectivity index (χ1v) is 9.77. The highest BCUT2D eigenvalue weighted by Gasteiger charge is 2.18. The van der Waals surface area contributed by atoms with Crippen LogP contribution in [0.2, 0.25) is 5.02 Å². The van der Waals surface area contributed by atoms with Crippen LogP contribution in [0, 0.1) is 0 Å². The topological polar surface area (TPSA) is 48.5 Å². The van der Waals surface area contributed by atoms with Crippen molar-refractivity contribution in [1.29, 1.82) is 0 Å². The number of likely N-dealkylation sites (N-methyl/N-ethyl adjacent to an activating group) is 1. The molecule has 0 atom stereocenters. The van der Waals surface area contributed by atoms with Crippen LogP contribution in [0.1, 0.15) is 17.6 Å². The van der Waals surface area contributed by atoms with Crippen LogP contribution >= 0.6 is 22.9 Å². The monoisotopic (exact) mass is 378 g/mol. The van der Waals surface area contributed by atoms with E-state index in [0.29, 0.717) is 5.02 Å². The fourth-order valence-electron chi connectivity index (χ4n) is 2.88. The minimum atomic E-state index is -0.0643. The van der Waals surface area contributed by atoms with Crippen molar-refractivity contribution < 1.29 is 4.79 Å². The molecule has 2 aromatic rings. The highest BCUT2D eigenvalue weighted by atomic mass is 35.5. The molecule has 1 aliphatic rings. The van der Waals surface area contributed by atoms with E-state index in [1.807, 2.05) is 23.6 Å². The van der Waals surface area contributed by atoms with Gasteiger partial charge in [-0.2, -0.15) is 0 Å². The predicted octanol–water partition coefficient (Wildman–Crippen LogP) is 3.29. The molecule has 1 aromatic carbocycles. The molecule has 1 aromatic heterocycles. The van der Waals surface area contributed by atoms with E-state index in [0.717, 1.165) is 54.7 Å². The average Bonchev–Trinajstić information content (AvgIpc) is 3.03. The molecule has 0 bridgehead atoms. The molecule has 5 nitrogen and oxygen atoms in total. The Morgan fingerprint density at radius 3 is 2.76 bits per heavy atom. The summed E-state index contributed by atoms with van der Waals surface area (Å²) in [5.41, 5.74) is 2.62. The van der Waals surface area contributed by atoms with E-state index in [1.54, 1.807) is 11.3 Å². The number of halogens is 1. The smallest absolute Gasteiger partial charge is 0.230 e. The minimum Gasteiger partial charge on any atom is -0.367 e. The van der Waals surface area contributed by atoms with Crippen LogP contribution in [0.3, 0.4) is 0 Å². The summed E-state index contributed by atoms with van der Waals surface area (Å²) < 4.78 is 0. The molecule has 0 aliphatic carbocycles. The van der Waals surface area contributed by atoms with Crippen molar-refractivity contribution in [2.24, 2.45) is 0 Å². The minimum absolute atomic E-state index is 0.0643. The van der Waals surface area contributed by atoms with Crippen molar-refractivity contribution in [3.63, 3.8) is 0 Å². The molecule has 1 N–H and O–H groups in total. The van der Waals surface area contributed by atoms with Crippen molar-refractivity contribution >= 4 is 40.2 Å². The zero-order valence-electron chi connectivity index (χ0n) is 14.6. The summed E-state index contributed by atoms with van der Waals surface area (Å²) in [4.78, 5) is 21.5. The van der Waals surface area contributed by atoms with Gasteiger partial charge in [-0.1, -0.05) is 18.5 Å². The Kier molecular flexibility index (Phi) is 5.93. The van der Waals surface area contributed by atoms with Gasteiger partial charge in [0.15, 0.2) is 0 Å². The molecule has 134 valence electrons. The maximum Gasteiger partial charge on any atom is 0.230 e. The van der Waals surface area contributed by atoms with Crippen LogP contribution < -0.4 is 10.2 Å². The molecule has 1 aliphatic heterocycles. The van der Waals surface area contributed by atoms with Crippen molar-refractivity contribution in [1.82, 2.24) is 9.88 Å². The van der Waals surface area contributed by atoms with Gasteiger partial charge in [0.1, 0.15) is 0 Å². The SMILES string of the molecule is CCc1nc(CC(=O)Nc2cc(Cl)ccc2N2CCN(C)CC2)cs1. The quantitative estimate of drug-likeness (QED) is 0.867. The number of hydrogen-bond donors (Lipinski definition) is 1. The average molecular weight is 379 g/mol. The number of rotatable bonds is 5. The van der Waals surface area contributed by atoms with Crippen molar-refractivity contribution in [2.75, 3.05) is 43.4 Å². The van der Waals surface area contributed by atoms with Gasteiger partial charge in [0.2, 0.25) is 5.91 Å². The molecule has 1 amide bonds. The summed E-state index contributed by atoms with van der Waals surface area (Å²) >= 11 is 7.76. The lowest BCUT2D eigenvalue weighted by molar-refractivity contribution is -0.115. The molecule has 1 fully saturated rings. The highest BCUT2D eigenvalue weighted by Crippen LogP contribution is 2.30. The van der Waals surface area contributed by atoms with E-state index in [4.69, 9.17) is 11.6 Å². The number of piperazine rings is 1. The number of nitrogens with zero attached hydrogens (tertiary/aromatic N) is 3. The van der Waals surface area contributed by atoms with Gasteiger partial charge in [-0.05, 0) is 31.7 Å². The molecule has 2 heterocycles. The second-order valence-corrected chi connectivity index (χ2v) is 7.64. The van der Waals surface area contributed by atoms with Gasteiger partial charge in [-0.15, -0.1) is 11.3 Å². The Bertz CT molecular complexity index is 740. The van der Waals surface area contributed by atoms with Gasteiger partial charge in [0, 0.05) is 36.6 Å². The number of aromatic nitrogens is 1. The maximum atomic E-state index is 12.5. The molecule has 25 heavy (non-hydrogen) atoms. The number of thiazole rings is 1. The molecule has 0 radical (unpaired) electrons. The standard InChI is InChI=1S/C18H23ClN4OS/c1-3-18-20-14(12-25-18)11-17(24)21-15-10-13(19)4-5-16(15)23-8-6-22(2)7-9-23/h4-5,10,12H,3,6-9,11H2,1-2H3,(H,21,24). The molecule has 0 saturated carbocycles. The third-order valence-electron chi connectivity index (χ3n) is 4.32. The number of amides is 1. The first-order valence-electron chi connectivity index (χ1n) is 8.51. The van der Waals surface area contributed by atoms with Gasteiger partial charge in [0.05, 0.1) is 28.5 Å². The first kappa shape index (κ1) is 18.2. The summed E-state index contributed by atoms with van der Waals surface area (Å²) in [5.74, 6) is -0.0643. The summed E-state index contributed by atoms with van der Waals surface area (Å²) in [5, 5.41) is 6.66. The van der Waals surface area contributed by atoms with Crippen LogP contribution in [0.5, 0.6) is 0 Å². The molecule has 7 heteroatoms. The number of anilines is 2. The zero-order valence-corrected chi connectivity index (χ0v) is 16.2. The lowest BCUT2D eigenvalue weighted by atomic mass is 10.2. The Labute approximate surface area is 157 Å². The number of hydrogen-bond acceptors (Lipinski definition) is 5. The lowest BCUT2D eigenvalue weighted by Gasteiger charge is -2.35. The fraction of sp³-hybridized carbons (Fsp3) is 0.444. The van der Waals surface area contributed by atoms with Crippen LogP contribution in [0.4, 0.5) is 11.4 Å². The highest BCUT2D eigenvalue weighted by molar-refractivity contribution is 7.09. The summed E-state index contributed by atoms with van der Waals surface area (Å²) in [6, 6.07) is 5.69. The zero-order chi connectivity index (χ0) is 17.8. The van der Waals surface area contributed by atoms with E-state index in [1.165, 1.54) is 0 Å². The van der Waals surface area contributed by atoms with Crippen molar-refractivity contribution in [2.45, 2.75) is 19.8 Å². The number of carbonyl (C=O) groups excluding carboxylic acids is 1. The third kappa shape index (κ3) is 4.71. The molecule has 1 saturated heterocycles. The van der Waals surface area contributed by atoms with Crippen LogP contribution in [0.25, 0.3) is 0 Å². The molecular formula is C18H23ClN4OS. The van der Waals surface area contributed by atoms with E-state index < -0.39 is 0 Å². The number of carbonyl (C=O) groups is 1. The van der Waals surface area contributed by atoms with E-state index in [2.05, 4.69) is 34.1 Å². The van der Waals surface area contributed by atoms with Crippen LogP contribution in [-0.4, -0.2) is 49.0 Å². The Hall–Kier alpha value is -1.63. The van der Waals surface area contributed by atoms with Gasteiger partial charge >= 0.3 is 0 Å². The Morgan fingerprint density at radius 2 is 2.08 bits per heavy atom. The first-order chi connectivity index (χ1) is 12.0. The fourth-order valence-corrected chi connectivity index (χ4v) is 3.80. The Balaban J connectivity index is 1.72. The molecule has 0 unspecified atom stereocenters. The van der Waals surface area contributed by atoms with Gasteiger partial charge < -0.3 is 15.1 Å². The number of benzene rings is 1. The molecule has 0 spiro atoms. The summed E-state index contributed by atoms with van der Waals surface area (Å²) in [6.07, 6.45) is 1.18. The van der Waals surface area contributed by atoms with Gasteiger partial charge in [0.25, 0.3) is 0 Å². The second-order valence-electron chi connectivity index (χ2n) is 6.26. The number of aryl methyl sites for hydroxylation is 1. The van der Waals surface area contributed by atoms with Crippen molar-refractivity contribution in [3.8, 4) is 0 Å². The third-order valence-corrected chi connectivity index (χ3v) is 5.60. The Morgan fingerprint density at radius 1 is 1.32 bits per heavy atom. The molecular weight excluding hydrogens is 356 g/mol. The largest absolute Gasteiger partial charge is 0.367 e. The van der Waals surface area contributed by atoms with Gasteiger partial charge in [-0.25, -0.2) is 4.98 Å². The van der Waals surface area contributed by atoms with E-state index >= 15 is 0 Å². The second kappa shape index (κ2) is 8.17. The summed E-state index contributed by atoms with van der Waals surface area (Å²) in [7, 11) is 2.13. The molecule has 3 rings (SSSR count). The van der Waals surface area contributed by atoms with Crippen molar-refractivity contribution in [3.05, 3.63) is 39.3 Å². The maximum absolute atomic E-state index is 12.5. The van der Waals surface area contributed by atoms with E-state index in [-0.39, 0.29) is 12.3 Å². The van der Waals surface area contributed by atoms with Crippen LogP contribution in [0.15, 0.2) is 23.6 Å². The lowest BCUT2D eigenvalue weighted by Crippen LogP contribution is -2.44. The van der Waals surface area contributed by atoms with E-state index in [9.17, 15) is 4.79 Å². The predicted molar refractivity (Wildman–Crippen MR) is 105 cm³/mol.